The molecule has 0 saturated heterocycles. The van der Waals surface area contributed by atoms with Crippen molar-refractivity contribution in [2.75, 3.05) is 0 Å². The molecule has 30 heavy (non-hydrogen) atoms. The first-order chi connectivity index (χ1) is 14.3. The Kier molecular flexibility index (Phi) is 5.32. The molecule has 1 aliphatic carbocycles. The minimum Gasteiger partial charge on any atom is -0.345 e. The number of allylic oxidation sites excluding steroid dienone is 2. The van der Waals surface area contributed by atoms with Gasteiger partial charge in [0, 0.05) is 36.6 Å². The van der Waals surface area contributed by atoms with Gasteiger partial charge in [-0.3, -0.25) is 9.78 Å². The van der Waals surface area contributed by atoms with Gasteiger partial charge in [0.15, 0.2) is 0 Å². The fourth-order valence-electron chi connectivity index (χ4n) is 3.75. The van der Waals surface area contributed by atoms with Crippen LogP contribution in [0.15, 0.2) is 48.9 Å². The third kappa shape index (κ3) is 4.08. The number of amides is 1. The van der Waals surface area contributed by atoms with E-state index in [-0.39, 0.29) is 18.7 Å². The molecule has 156 valence electrons. The van der Waals surface area contributed by atoms with Gasteiger partial charge in [0.2, 0.25) is 0 Å². The Morgan fingerprint density at radius 2 is 2.13 bits per heavy atom. The van der Waals surface area contributed by atoms with E-state index in [1.807, 2.05) is 29.8 Å². The van der Waals surface area contributed by atoms with Crippen LogP contribution in [-0.2, 0) is 13.6 Å². The van der Waals surface area contributed by atoms with Gasteiger partial charge in [-0.2, -0.15) is 13.2 Å². The fourth-order valence-corrected chi connectivity index (χ4v) is 3.75. The first-order valence-electron chi connectivity index (χ1n) is 9.72. The third-order valence-corrected chi connectivity index (χ3v) is 5.52. The van der Waals surface area contributed by atoms with Crippen LogP contribution in [0.1, 0.15) is 41.0 Å². The van der Waals surface area contributed by atoms with Crippen molar-refractivity contribution in [1.82, 2.24) is 19.9 Å². The molecule has 1 aromatic carbocycles. The highest BCUT2D eigenvalue weighted by Gasteiger charge is 2.39. The zero-order valence-electron chi connectivity index (χ0n) is 16.4. The van der Waals surface area contributed by atoms with E-state index < -0.39 is 12.1 Å². The Labute approximate surface area is 171 Å². The van der Waals surface area contributed by atoms with Crippen LogP contribution in [0.4, 0.5) is 13.2 Å². The lowest BCUT2D eigenvalue weighted by Gasteiger charge is -2.24. The number of nitrogens with zero attached hydrogens (tertiary/aromatic N) is 3. The molecule has 0 bridgehead atoms. The van der Waals surface area contributed by atoms with E-state index >= 15 is 0 Å². The molecular formula is C22H21F3N4O. The van der Waals surface area contributed by atoms with E-state index in [0.29, 0.717) is 24.0 Å². The lowest BCUT2D eigenvalue weighted by molar-refractivity contribution is -0.175. The molecule has 1 aliphatic rings. The Morgan fingerprint density at radius 1 is 1.30 bits per heavy atom. The molecular weight excluding hydrogens is 393 g/mol. The topological polar surface area (TPSA) is 59.8 Å². The predicted octanol–water partition coefficient (Wildman–Crippen LogP) is 4.64. The van der Waals surface area contributed by atoms with Gasteiger partial charge in [-0.05, 0) is 30.9 Å². The molecule has 2 aromatic heterocycles. The molecule has 0 fully saturated rings. The van der Waals surface area contributed by atoms with Gasteiger partial charge in [-0.1, -0.05) is 24.3 Å². The summed E-state index contributed by atoms with van der Waals surface area (Å²) in [7, 11) is 1.85. The molecule has 1 atom stereocenters. The van der Waals surface area contributed by atoms with Crippen LogP contribution in [-0.4, -0.2) is 26.6 Å². The highest BCUT2D eigenvalue weighted by molar-refractivity contribution is 5.99. The zero-order chi connectivity index (χ0) is 21.3. The number of carbonyl (C=O) groups excluding carboxylic acids is 1. The van der Waals surface area contributed by atoms with Crippen molar-refractivity contribution in [2.45, 2.75) is 32.0 Å². The van der Waals surface area contributed by atoms with Crippen molar-refractivity contribution in [3.63, 3.8) is 0 Å². The Morgan fingerprint density at radius 3 is 2.80 bits per heavy atom. The van der Waals surface area contributed by atoms with E-state index in [0.717, 1.165) is 22.3 Å². The highest BCUT2D eigenvalue weighted by atomic mass is 19.4. The van der Waals surface area contributed by atoms with Crippen molar-refractivity contribution >= 4 is 22.4 Å². The van der Waals surface area contributed by atoms with Gasteiger partial charge in [0.05, 0.1) is 23.5 Å². The molecule has 0 saturated carbocycles. The van der Waals surface area contributed by atoms with Crippen LogP contribution in [0.25, 0.3) is 16.5 Å². The number of para-hydroxylation sites is 1. The van der Waals surface area contributed by atoms with Crippen LogP contribution in [0, 0.1) is 5.92 Å². The van der Waals surface area contributed by atoms with Crippen LogP contribution in [0.2, 0.25) is 0 Å². The minimum atomic E-state index is -4.16. The number of carbonyl (C=O) groups is 1. The van der Waals surface area contributed by atoms with E-state index in [1.165, 1.54) is 6.20 Å². The first kappa shape index (κ1) is 20.1. The SMILES string of the molecule is Cn1ccnc1CNC(=O)c1cnc2c(C3=CCC(C(F)(F)F)CC3)cccc2c1. The van der Waals surface area contributed by atoms with Crippen molar-refractivity contribution in [3.8, 4) is 0 Å². The smallest absolute Gasteiger partial charge is 0.345 e. The van der Waals surface area contributed by atoms with Crippen LogP contribution < -0.4 is 5.32 Å². The average molecular weight is 414 g/mol. The molecule has 5 nitrogen and oxygen atoms in total. The number of aryl methyl sites for hydroxylation is 1. The van der Waals surface area contributed by atoms with Gasteiger partial charge in [0.25, 0.3) is 5.91 Å². The summed E-state index contributed by atoms with van der Waals surface area (Å²) in [5, 5.41) is 3.60. The summed E-state index contributed by atoms with van der Waals surface area (Å²) in [6, 6.07) is 7.31. The molecule has 2 heterocycles. The number of fused-ring (bicyclic) bond motifs is 1. The second-order valence-corrected chi connectivity index (χ2v) is 7.48. The van der Waals surface area contributed by atoms with Crippen LogP contribution in [0.3, 0.4) is 0 Å². The Bertz CT molecular complexity index is 1120. The number of rotatable bonds is 4. The molecule has 1 amide bonds. The molecule has 1 unspecified atom stereocenters. The number of hydrogen-bond acceptors (Lipinski definition) is 3. The monoisotopic (exact) mass is 414 g/mol. The van der Waals surface area contributed by atoms with E-state index in [4.69, 9.17) is 0 Å². The van der Waals surface area contributed by atoms with Crippen molar-refractivity contribution in [3.05, 3.63) is 65.9 Å². The number of imidazole rings is 1. The van der Waals surface area contributed by atoms with Crippen molar-refractivity contribution in [2.24, 2.45) is 13.0 Å². The number of halogens is 3. The number of alkyl halides is 3. The maximum atomic E-state index is 12.9. The second-order valence-electron chi connectivity index (χ2n) is 7.48. The van der Waals surface area contributed by atoms with Crippen molar-refractivity contribution < 1.29 is 18.0 Å². The number of hydrogen-bond donors (Lipinski definition) is 1. The summed E-state index contributed by atoms with van der Waals surface area (Å²) in [6.45, 7) is 0.299. The van der Waals surface area contributed by atoms with E-state index in [1.54, 1.807) is 24.5 Å². The number of benzene rings is 1. The lowest BCUT2D eigenvalue weighted by Crippen LogP contribution is -2.24. The largest absolute Gasteiger partial charge is 0.392 e. The van der Waals surface area contributed by atoms with Gasteiger partial charge in [-0.25, -0.2) is 4.98 Å². The van der Waals surface area contributed by atoms with Gasteiger partial charge in [-0.15, -0.1) is 0 Å². The summed E-state index contributed by atoms with van der Waals surface area (Å²) < 4.78 is 40.6. The van der Waals surface area contributed by atoms with E-state index in [2.05, 4.69) is 15.3 Å². The molecule has 0 aliphatic heterocycles. The van der Waals surface area contributed by atoms with Crippen LogP contribution in [0.5, 0.6) is 0 Å². The summed E-state index contributed by atoms with van der Waals surface area (Å²) in [5.41, 5.74) is 2.81. The normalized spacial score (nSPS) is 17.1. The first-order valence-corrected chi connectivity index (χ1v) is 9.72. The maximum absolute atomic E-state index is 12.9. The number of nitrogens with one attached hydrogen (secondary N) is 1. The zero-order valence-corrected chi connectivity index (χ0v) is 16.4. The summed E-state index contributed by atoms with van der Waals surface area (Å²) in [6.07, 6.45) is 2.91. The molecule has 0 spiro atoms. The van der Waals surface area contributed by atoms with Gasteiger partial charge in [0.1, 0.15) is 5.82 Å². The molecule has 4 rings (SSSR count). The maximum Gasteiger partial charge on any atom is 0.392 e. The van der Waals surface area contributed by atoms with Gasteiger partial charge < -0.3 is 9.88 Å². The second kappa shape index (κ2) is 7.93. The summed E-state index contributed by atoms with van der Waals surface area (Å²) in [4.78, 5) is 21.1. The third-order valence-electron chi connectivity index (χ3n) is 5.52. The lowest BCUT2D eigenvalue weighted by atomic mass is 9.85. The number of pyridine rings is 1. The quantitative estimate of drug-likeness (QED) is 0.676. The van der Waals surface area contributed by atoms with Crippen molar-refractivity contribution in [1.29, 1.82) is 0 Å². The fraction of sp³-hybridized carbons (Fsp3) is 0.318. The molecule has 3 aromatic rings. The highest BCUT2D eigenvalue weighted by Crippen LogP contribution is 2.40. The standard InChI is InChI=1S/C22H21F3N4O/c1-29-10-9-26-19(29)13-28-21(30)16-11-15-3-2-4-18(20(15)27-12-16)14-5-7-17(8-6-14)22(23,24)25/h2-5,9-12,17H,6-8,13H2,1H3,(H,28,30). The molecule has 0 radical (unpaired) electrons. The molecule has 8 heteroatoms. The Hall–Kier alpha value is -3.16. The van der Waals surface area contributed by atoms with Gasteiger partial charge >= 0.3 is 6.18 Å². The average Bonchev–Trinajstić information content (AvgIpc) is 3.15. The molecule has 1 N–H and O–H groups in total. The van der Waals surface area contributed by atoms with Crippen LogP contribution >= 0.6 is 0 Å². The Balaban J connectivity index is 1.54. The van der Waals surface area contributed by atoms with E-state index in [9.17, 15) is 18.0 Å². The predicted molar refractivity (Wildman–Crippen MR) is 107 cm³/mol. The number of aromatic nitrogens is 3. The minimum absolute atomic E-state index is 0.0110. The summed E-state index contributed by atoms with van der Waals surface area (Å²) >= 11 is 0. The summed E-state index contributed by atoms with van der Waals surface area (Å²) in [5.74, 6) is -0.804.